The molecule has 2 saturated heterocycles. The fraction of sp³-hybridized carbons (Fsp3) is 0.571. The first-order chi connectivity index (χ1) is 14.2. The number of halogens is 1. The van der Waals surface area contributed by atoms with Crippen LogP contribution >= 0.6 is 0 Å². The van der Waals surface area contributed by atoms with Gasteiger partial charge in [0.1, 0.15) is 12.4 Å². The summed E-state index contributed by atoms with van der Waals surface area (Å²) in [6, 6.07) is 4.65. The van der Waals surface area contributed by atoms with Crippen LogP contribution in [0, 0.1) is 5.82 Å². The van der Waals surface area contributed by atoms with E-state index < -0.39 is 0 Å². The number of carbonyl (C=O) groups excluding carboxylic acids is 3. The van der Waals surface area contributed by atoms with Gasteiger partial charge in [-0.2, -0.15) is 0 Å². The minimum absolute atomic E-state index is 0.0404. The lowest BCUT2D eigenvalue weighted by Gasteiger charge is -2.37. The minimum atomic E-state index is -0.333. The predicted molar refractivity (Wildman–Crippen MR) is 109 cm³/mol. The van der Waals surface area contributed by atoms with Crippen molar-refractivity contribution in [2.45, 2.75) is 45.4 Å². The number of nitrogens with zero attached hydrogens (tertiary/aromatic N) is 3. The molecular weight excluding hydrogens is 391 g/mol. The number of morpholine rings is 1. The highest BCUT2D eigenvalue weighted by molar-refractivity contribution is 6.01. The van der Waals surface area contributed by atoms with Gasteiger partial charge in [0.2, 0.25) is 11.8 Å². The molecule has 1 N–H and O–H groups in total. The van der Waals surface area contributed by atoms with Crippen molar-refractivity contribution in [1.29, 1.82) is 0 Å². The first-order valence-corrected chi connectivity index (χ1v) is 10.3. The second-order valence-corrected chi connectivity index (χ2v) is 8.01. The molecule has 164 valence electrons. The first kappa shape index (κ1) is 22.0. The van der Waals surface area contributed by atoms with Crippen molar-refractivity contribution >= 4 is 23.5 Å². The zero-order chi connectivity index (χ0) is 21.8. The largest absolute Gasteiger partial charge is 0.372 e. The maximum absolute atomic E-state index is 14.6. The molecule has 1 aromatic carbocycles. The Balaban J connectivity index is 1.45. The Morgan fingerprint density at radius 1 is 1.23 bits per heavy atom. The number of anilines is 1. The molecule has 9 heteroatoms. The maximum Gasteiger partial charge on any atom is 0.326 e. The van der Waals surface area contributed by atoms with Crippen LogP contribution in [0.25, 0.3) is 0 Å². The van der Waals surface area contributed by atoms with Crippen LogP contribution in [0.4, 0.5) is 14.9 Å². The number of imide groups is 1. The average molecular weight is 420 g/mol. The number of ether oxygens (including phenoxy) is 1. The molecule has 0 bridgehead atoms. The Morgan fingerprint density at radius 2 is 1.93 bits per heavy atom. The molecule has 2 atom stereocenters. The van der Waals surface area contributed by atoms with Crippen LogP contribution in [-0.4, -0.2) is 73.1 Å². The molecule has 2 fully saturated rings. The molecule has 0 aromatic heterocycles. The third kappa shape index (κ3) is 5.27. The maximum atomic E-state index is 14.6. The number of hydrogen-bond acceptors (Lipinski definition) is 5. The van der Waals surface area contributed by atoms with Gasteiger partial charge in [0, 0.05) is 39.6 Å². The second kappa shape index (κ2) is 9.42. The van der Waals surface area contributed by atoms with E-state index in [1.165, 1.54) is 11.0 Å². The molecule has 0 saturated carbocycles. The molecule has 1 aromatic rings. The van der Waals surface area contributed by atoms with Crippen LogP contribution in [0.2, 0.25) is 0 Å². The summed E-state index contributed by atoms with van der Waals surface area (Å²) < 4.78 is 20.3. The molecule has 8 nitrogen and oxygen atoms in total. The van der Waals surface area contributed by atoms with E-state index in [9.17, 15) is 18.8 Å². The number of urea groups is 1. The van der Waals surface area contributed by atoms with Gasteiger partial charge in [-0.05, 0) is 38.0 Å². The molecule has 0 spiro atoms. The SMILES string of the molecule is CC1CN(c2ccc(CNC(=O)CCCN3C(=O)CN(C)C3=O)cc2F)CC(C)O1. The number of nitrogens with one attached hydrogen (secondary N) is 1. The van der Waals surface area contributed by atoms with Crippen molar-refractivity contribution in [2.24, 2.45) is 0 Å². The van der Waals surface area contributed by atoms with E-state index in [4.69, 9.17) is 4.74 Å². The molecule has 4 amide bonds. The van der Waals surface area contributed by atoms with Gasteiger partial charge in [-0.15, -0.1) is 0 Å². The number of amides is 4. The summed E-state index contributed by atoms with van der Waals surface area (Å²) in [7, 11) is 1.57. The molecule has 3 rings (SSSR count). The van der Waals surface area contributed by atoms with Crippen LogP contribution in [-0.2, 0) is 20.9 Å². The van der Waals surface area contributed by atoms with Crippen LogP contribution in [0.5, 0.6) is 0 Å². The van der Waals surface area contributed by atoms with E-state index in [2.05, 4.69) is 5.32 Å². The summed E-state index contributed by atoms with van der Waals surface area (Å²) in [5.41, 5.74) is 1.21. The van der Waals surface area contributed by atoms with Crippen LogP contribution in [0.1, 0.15) is 32.3 Å². The fourth-order valence-corrected chi connectivity index (χ4v) is 3.87. The Kier molecular flexibility index (Phi) is 6.91. The van der Waals surface area contributed by atoms with Crippen molar-refractivity contribution < 1.29 is 23.5 Å². The molecule has 0 aliphatic carbocycles. The van der Waals surface area contributed by atoms with E-state index in [-0.39, 0.29) is 61.9 Å². The lowest BCUT2D eigenvalue weighted by atomic mass is 10.1. The van der Waals surface area contributed by atoms with Gasteiger partial charge in [-0.25, -0.2) is 9.18 Å². The third-order valence-corrected chi connectivity index (χ3v) is 5.28. The molecule has 2 aliphatic rings. The number of rotatable bonds is 7. The van der Waals surface area contributed by atoms with E-state index in [1.807, 2.05) is 18.7 Å². The lowest BCUT2D eigenvalue weighted by molar-refractivity contribution is -0.126. The summed E-state index contributed by atoms with van der Waals surface area (Å²) in [6.45, 7) is 5.72. The number of hydrogen-bond donors (Lipinski definition) is 1. The summed E-state index contributed by atoms with van der Waals surface area (Å²) in [4.78, 5) is 40.1. The minimum Gasteiger partial charge on any atom is -0.372 e. The standard InChI is InChI=1S/C21H29FN4O4/c1-14-11-25(12-15(2)30-14)18-7-6-16(9-17(18)22)10-23-19(27)5-4-8-26-20(28)13-24(3)21(26)29/h6-7,9,14-15H,4-5,8,10-13H2,1-3H3,(H,23,27). The highest BCUT2D eigenvalue weighted by Gasteiger charge is 2.32. The Bertz CT molecular complexity index is 808. The predicted octanol–water partition coefficient (Wildman–Crippen LogP) is 1.73. The number of carbonyl (C=O) groups is 3. The highest BCUT2D eigenvalue weighted by Crippen LogP contribution is 2.24. The fourth-order valence-electron chi connectivity index (χ4n) is 3.87. The summed E-state index contributed by atoms with van der Waals surface area (Å²) in [6.07, 6.45) is 0.653. The molecule has 2 heterocycles. The van der Waals surface area contributed by atoms with Gasteiger partial charge < -0.3 is 19.9 Å². The molecule has 2 unspecified atom stereocenters. The van der Waals surface area contributed by atoms with Gasteiger partial charge in [-0.3, -0.25) is 14.5 Å². The van der Waals surface area contributed by atoms with E-state index >= 15 is 0 Å². The van der Waals surface area contributed by atoms with Crippen molar-refractivity contribution in [2.75, 3.05) is 38.1 Å². The quantitative estimate of drug-likeness (QED) is 0.680. The third-order valence-electron chi connectivity index (χ3n) is 5.28. The van der Waals surface area contributed by atoms with Crippen LogP contribution in [0.15, 0.2) is 18.2 Å². The Morgan fingerprint density at radius 3 is 2.53 bits per heavy atom. The second-order valence-electron chi connectivity index (χ2n) is 8.01. The number of benzene rings is 1. The van der Waals surface area contributed by atoms with E-state index in [0.29, 0.717) is 30.8 Å². The lowest BCUT2D eigenvalue weighted by Crippen LogP contribution is -2.45. The molecule has 0 radical (unpaired) electrons. The molecular formula is C21H29FN4O4. The van der Waals surface area contributed by atoms with Gasteiger partial charge in [-0.1, -0.05) is 6.07 Å². The Hall–Kier alpha value is -2.68. The van der Waals surface area contributed by atoms with Crippen molar-refractivity contribution in [3.8, 4) is 0 Å². The smallest absolute Gasteiger partial charge is 0.326 e. The highest BCUT2D eigenvalue weighted by atomic mass is 19.1. The Labute approximate surface area is 175 Å². The monoisotopic (exact) mass is 420 g/mol. The van der Waals surface area contributed by atoms with E-state index in [0.717, 1.165) is 4.90 Å². The van der Waals surface area contributed by atoms with E-state index in [1.54, 1.807) is 19.2 Å². The normalized spacial score (nSPS) is 22.1. The van der Waals surface area contributed by atoms with Crippen LogP contribution < -0.4 is 10.2 Å². The first-order valence-electron chi connectivity index (χ1n) is 10.3. The summed E-state index contributed by atoms with van der Waals surface area (Å²) >= 11 is 0. The van der Waals surface area contributed by atoms with Gasteiger partial charge >= 0.3 is 6.03 Å². The van der Waals surface area contributed by atoms with Gasteiger partial charge in [0.25, 0.3) is 0 Å². The number of likely N-dealkylation sites (N-methyl/N-ethyl adjacent to an activating group) is 1. The van der Waals surface area contributed by atoms with Crippen molar-refractivity contribution in [3.05, 3.63) is 29.6 Å². The zero-order valence-electron chi connectivity index (χ0n) is 17.7. The zero-order valence-corrected chi connectivity index (χ0v) is 17.7. The van der Waals surface area contributed by atoms with Crippen molar-refractivity contribution in [3.63, 3.8) is 0 Å². The summed E-state index contributed by atoms with van der Waals surface area (Å²) in [5, 5.41) is 2.76. The topological polar surface area (TPSA) is 82.2 Å². The van der Waals surface area contributed by atoms with Gasteiger partial charge in [0.05, 0.1) is 17.9 Å². The van der Waals surface area contributed by atoms with Crippen LogP contribution in [0.3, 0.4) is 0 Å². The summed E-state index contributed by atoms with van der Waals surface area (Å²) in [5.74, 6) is -0.775. The average Bonchev–Trinajstić information content (AvgIpc) is 2.91. The molecule has 2 aliphatic heterocycles. The molecule has 30 heavy (non-hydrogen) atoms. The van der Waals surface area contributed by atoms with Gasteiger partial charge in [0.15, 0.2) is 0 Å². The van der Waals surface area contributed by atoms with Crippen molar-refractivity contribution in [1.82, 2.24) is 15.1 Å².